The molecule has 0 saturated carbocycles. The Morgan fingerprint density at radius 2 is 2.05 bits per heavy atom. The highest BCUT2D eigenvalue weighted by atomic mass is 16.5. The summed E-state index contributed by atoms with van der Waals surface area (Å²) in [5, 5.41) is 7.76. The molecule has 5 nitrogen and oxygen atoms in total. The first-order valence-corrected chi connectivity index (χ1v) is 7.82. The fraction of sp³-hybridized carbons (Fsp3) is 0.562. The molecule has 0 aromatic carbocycles. The van der Waals surface area contributed by atoms with Crippen LogP contribution >= 0.6 is 0 Å². The van der Waals surface area contributed by atoms with Crippen LogP contribution in [-0.4, -0.2) is 27.2 Å². The summed E-state index contributed by atoms with van der Waals surface area (Å²) in [6.45, 7) is 0. The summed E-state index contributed by atoms with van der Waals surface area (Å²) in [6.07, 6.45) is 8.50. The third-order valence-electron chi connectivity index (χ3n) is 4.61. The fourth-order valence-corrected chi connectivity index (χ4v) is 3.70. The fourth-order valence-electron chi connectivity index (χ4n) is 3.70. The van der Waals surface area contributed by atoms with Crippen molar-refractivity contribution in [2.45, 2.75) is 50.6 Å². The second kappa shape index (κ2) is 5.56. The van der Waals surface area contributed by atoms with Crippen LogP contribution in [0.1, 0.15) is 43.1 Å². The Labute approximate surface area is 124 Å². The Morgan fingerprint density at radius 1 is 1.19 bits per heavy atom. The Bertz CT molecular complexity index is 585. The van der Waals surface area contributed by atoms with Crippen LogP contribution in [0, 0.1) is 5.92 Å². The molecule has 21 heavy (non-hydrogen) atoms. The molecule has 0 radical (unpaired) electrons. The molecule has 2 aliphatic rings. The van der Waals surface area contributed by atoms with E-state index in [4.69, 9.17) is 4.52 Å². The molecule has 4 rings (SSSR count). The summed E-state index contributed by atoms with van der Waals surface area (Å²) in [4.78, 5) is 8.83. The lowest BCUT2D eigenvalue weighted by atomic mass is 9.90. The van der Waals surface area contributed by atoms with Crippen LogP contribution in [0.25, 0.3) is 0 Å². The minimum absolute atomic E-state index is 0.641. The van der Waals surface area contributed by atoms with E-state index in [9.17, 15) is 0 Å². The number of nitrogens with zero attached hydrogens (tertiary/aromatic N) is 3. The lowest BCUT2D eigenvalue weighted by Gasteiger charge is -2.27. The van der Waals surface area contributed by atoms with E-state index in [1.165, 1.54) is 25.7 Å². The lowest BCUT2D eigenvalue weighted by Crippen LogP contribution is -2.38. The molecule has 2 bridgehead atoms. The van der Waals surface area contributed by atoms with E-state index in [2.05, 4.69) is 20.4 Å². The normalized spacial score (nSPS) is 27.9. The van der Waals surface area contributed by atoms with E-state index >= 15 is 0 Å². The Kier molecular flexibility index (Phi) is 3.43. The number of piperidine rings is 1. The molecular formula is C16H20N4O. The third kappa shape index (κ3) is 2.97. The molecule has 0 amide bonds. The van der Waals surface area contributed by atoms with Gasteiger partial charge in [-0.15, -0.1) is 0 Å². The van der Waals surface area contributed by atoms with Crippen molar-refractivity contribution in [3.8, 4) is 0 Å². The van der Waals surface area contributed by atoms with Crippen molar-refractivity contribution in [3.63, 3.8) is 0 Å². The van der Waals surface area contributed by atoms with E-state index in [0.29, 0.717) is 24.4 Å². The molecule has 2 aliphatic heterocycles. The van der Waals surface area contributed by atoms with Gasteiger partial charge in [0.2, 0.25) is 5.89 Å². The molecule has 0 spiro atoms. The van der Waals surface area contributed by atoms with Gasteiger partial charge >= 0.3 is 0 Å². The van der Waals surface area contributed by atoms with Gasteiger partial charge < -0.3 is 9.84 Å². The standard InChI is InChI=1S/C16H20N4O/c1-2-6-17-12(3-1)10-15-19-16(21-20-15)9-11-7-13-4-5-14(8-11)18-13/h1-3,6,11,13-14,18H,4-5,7-10H2. The third-order valence-corrected chi connectivity index (χ3v) is 4.61. The summed E-state index contributed by atoms with van der Waals surface area (Å²) in [5.41, 5.74) is 0.977. The first kappa shape index (κ1) is 13.0. The zero-order valence-corrected chi connectivity index (χ0v) is 12.0. The van der Waals surface area contributed by atoms with Crippen molar-refractivity contribution in [1.29, 1.82) is 0 Å². The second-order valence-electron chi connectivity index (χ2n) is 6.28. The number of aromatic nitrogens is 3. The van der Waals surface area contributed by atoms with Gasteiger partial charge in [-0.3, -0.25) is 4.98 Å². The maximum absolute atomic E-state index is 5.42. The highest BCUT2D eigenvalue weighted by Crippen LogP contribution is 2.32. The van der Waals surface area contributed by atoms with Crippen molar-refractivity contribution in [2.75, 3.05) is 0 Å². The maximum atomic E-state index is 5.42. The predicted octanol–water partition coefficient (Wildman–Crippen LogP) is 2.13. The summed E-state index contributed by atoms with van der Waals surface area (Å²) in [5.74, 6) is 2.21. The number of fused-ring (bicyclic) bond motifs is 2. The zero-order valence-electron chi connectivity index (χ0n) is 12.0. The van der Waals surface area contributed by atoms with E-state index < -0.39 is 0 Å². The highest BCUT2D eigenvalue weighted by Gasteiger charge is 2.34. The first-order chi connectivity index (χ1) is 10.3. The van der Waals surface area contributed by atoms with E-state index in [-0.39, 0.29) is 0 Å². The number of hydrogen-bond acceptors (Lipinski definition) is 5. The van der Waals surface area contributed by atoms with Gasteiger partial charge in [-0.2, -0.15) is 4.98 Å². The first-order valence-electron chi connectivity index (χ1n) is 7.82. The van der Waals surface area contributed by atoms with Crippen LogP contribution in [0.2, 0.25) is 0 Å². The maximum Gasteiger partial charge on any atom is 0.226 e. The zero-order chi connectivity index (χ0) is 14.1. The van der Waals surface area contributed by atoms with Gasteiger partial charge in [-0.25, -0.2) is 0 Å². The summed E-state index contributed by atoms with van der Waals surface area (Å²) < 4.78 is 5.42. The van der Waals surface area contributed by atoms with Crippen LogP contribution in [0.3, 0.4) is 0 Å². The number of pyridine rings is 1. The molecule has 2 aromatic rings. The quantitative estimate of drug-likeness (QED) is 0.931. The minimum Gasteiger partial charge on any atom is -0.339 e. The minimum atomic E-state index is 0.641. The van der Waals surface area contributed by atoms with Crippen molar-refractivity contribution >= 4 is 0 Å². The number of nitrogens with one attached hydrogen (secondary N) is 1. The smallest absolute Gasteiger partial charge is 0.226 e. The van der Waals surface area contributed by atoms with Crippen molar-refractivity contribution in [2.24, 2.45) is 5.92 Å². The van der Waals surface area contributed by atoms with Crippen LogP contribution < -0.4 is 5.32 Å². The molecule has 2 fully saturated rings. The molecule has 110 valence electrons. The number of hydrogen-bond donors (Lipinski definition) is 1. The highest BCUT2D eigenvalue weighted by molar-refractivity contribution is 5.09. The molecule has 1 N–H and O–H groups in total. The SMILES string of the molecule is c1ccc(Cc2noc(CC3CC4CCC(C3)N4)n2)nc1. The van der Waals surface area contributed by atoms with Gasteiger partial charge in [0.05, 0.1) is 6.42 Å². The van der Waals surface area contributed by atoms with Crippen molar-refractivity contribution in [1.82, 2.24) is 20.4 Å². The lowest BCUT2D eigenvalue weighted by molar-refractivity contribution is 0.270. The van der Waals surface area contributed by atoms with Gasteiger partial charge in [0.15, 0.2) is 5.82 Å². The monoisotopic (exact) mass is 284 g/mol. The topological polar surface area (TPSA) is 63.8 Å². The second-order valence-corrected chi connectivity index (χ2v) is 6.28. The van der Waals surface area contributed by atoms with Crippen molar-refractivity contribution < 1.29 is 4.52 Å². The summed E-state index contributed by atoms with van der Waals surface area (Å²) in [6, 6.07) is 7.31. The van der Waals surface area contributed by atoms with Gasteiger partial charge in [0.25, 0.3) is 0 Å². The van der Waals surface area contributed by atoms with Gasteiger partial charge in [0.1, 0.15) is 0 Å². The van der Waals surface area contributed by atoms with Crippen LogP contribution in [0.4, 0.5) is 0 Å². The molecule has 2 aromatic heterocycles. The number of rotatable bonds is 4. The molecule has 5 heteroatoms. The van der Waals surface area contributed by atoms with Crippen LogP contribution in [0.15, 0.2) is 28.9 Å². The Morgan fingerprint density at radius 3 is 2.81 bits per heavy atom. The molecular weight excluding hydrogens is 264 g/mol. The largest absolute Gasteiger partial charge is 0.339 e. The van der Waals surface area contributed by atoms with E-state index in [0.717, 1.165) is 23.8 Å². The van der Waals surface area contributed by atoms with Crippen molar-refractivity contribution in [3.05, 3.63) is 41.8 Å². The average Bonchev–Trinajstić information content (AvgIpc) is 3.07. The van der Waals surface area contributed by atoms with Gasteiger partial charge in [-0.05, 0) is 43.7 Å². The molecule has 2 unspecified atom stereocenters. The van der Waals surface area contributed by atoms with Crippen LogP contribution in [0.5, 0.6) is 0 Å². The molecule has 2 atom stereocenters. The summed E-state index contributed by atoms with van der Waals surface area (Å²) in [7, 11) is 0. The van der Waals surface area contributed by atoms with Gasteiger partial charge in [0, 0.05) is 30.4 Å². The van der Waals surface area contributed by atoms with Crippen LogP contribution in [-0.2, 0) is 12.8 Å². The van der Waals surface area contributed by atoms with E-state index in [1.54, 1.807) is 6.20 Å². The predicted molar refractivity (Wildman–Crippen MR) is 77.7 cm³/mol. The Balaban J connectivity index is 1.38. The van der Waals surface area contributed by atoms with E-state index in [1.807, 2.05) is 18.2 Å². The average molecular weight is 284 g/mol. The summed E-state index contributed by atoms with van der Waals surface area (Å²) >= 11 is 0. The van der Waals surface area contributed by atoms with Gasteiger partial charge in [-0.1, -0.05) is 11.2 Å². The Hall–Kier alpha value is -1.75. The molecule has 4 heterocycles. The molecule has 0 aliphatic carbocycles. The molecule has 2 saturated heterocycles.